The van der Waals surface area contributed by atoms with Crippen LogP contribution in [-0.4, -0.2) is 35.6 Å². The number of hydrogen-bond acceptors (Lipinski definition) is 3. The van der Waals surface area contributed by atoms with E-state index in [0.717, 1.165) is 32.4 Å². The number of nitrogens with zero attached hydrogens (tertiary/aromatic N) is 1. The zero-order valence-corrected chi connectivity index (χ0v) is 10.7. The van der Waals surface area contributed by atoms with Crippen LogP contribution in [0.15, 0.2) is 29.2 Å². The third-order valence-corrected chi connectivity index (χ3v) is 4.81. The number of fused-ring (bicyclic) bond motifs is 1. The monoisotopic (exact) mass is 247 g/mol. The smallest absolute Gasteiger partial charge is 0.146 e. The molecule has 0 amide bonds. The van der Waals surface area contributed by atoms with E-state index in [4.69, 9.17) is 0 Å². The number of benzene rings is 1. The van der Waals surface area contributed by atoms with E-state index in [1.54, 1.807) is 0 Å². The van der Waals surface area contributed by atoms with E-state index in [-0.39, 0.29) is 0 Å². The summed E-state index contributed by atoms with van der Waals surface area (Å²) in [5.74, 6) is 0.414. The lowest BCUT2D eigenvalue weighted by Gasteiger charge is -2.27. The lowest BCUT2D eigenvalue weighted by Crippen LogP contribution is -2.39. The Morgan fingerprint density at radius 2 is 2.24 bits per heavy atom. The minimum absolute atomic E-state index is 0.414. The van der Waals surface area contributed by atoms with Gasteiger partial charge in [-0.1, -0.05) is 18.2 Å². The maximum atomic E-state index is 11.4. The van der Waals surface area contributed by atoms with Gasteiger partial charge >= 0.3 is 0 Å². The standard InChI is InChI=1S/C14H17NOS/c16-12-5-3-7-15(9-12)10-13-8-11-4-1-2-6-14(11)17-13/h1-2,4,6,13H,3,5,7-10H2. The van der Waals surface area contributed by atoms with Crippen molar-refractivity contribution in [3.05, 3.63) is 29.8 Å². The molecule has 0 aliphatic carbocycles. The Hall–Kier alpha value is -0.800. The molecule has 1 unspecified atom stereocenters. The summed E-state index contributed by atoms with van der Waals surface area (Å²) in [7, 11) is 0. The van der Waals surface area contributed by atoms with Gasteiger partial charge in [0.1, 0.15) is 5.78 Å². The van der Waals surface area contributed by atoms with Crippen LogP contribution >= 0.6 is 11.8 Å². The predicted molar refractivity (Wildman–Crippen MR) is 70.5 cm³/mol. The molecule has 1 saturated heterocycles. The highest BCUT2D eigenvalue weighted by atomic mass is 32.2. The molecule has 2 aliphatic heterocycles. The molecule has 1 aromatic rings. The van der Waals surface area contributed by atoms with E-state index in [9.17, 15) is 4.79 Å². The number of piperidine rings is 1. The average Bonchev–Trinajstić information content (AvgIpc) is 2.71. The van der Waals surface area contributed by atoms with Gasteiger partial charge in [0.25, 0.3) is 0 Å². The van der Waals surface area contributed by atoms with Gasteiger partial charge in [-0.15, -0.1) is 11.8 Å². The van der Waals surface area contributed by atoms with E-state index in [2.05, 4.69) is 29.2 Å². The molecule has 0 N–H and O–H groups in total. The Bertz CT molecular complexity index is 407. The van der Waals surface area contributed by atoms with Gasteiger partial charge in [0.05, 0.1) is 6.54 Å². The molecule has 0 saturated carbocycles. The first-order chi connectivity index (χ1) is 8.31. The van der Waals surface area contributed by atoms with Crippen molar-refractivity contribution in [1.29, 1.82) is 0 Å². The normalized spacial score (nSPS) is 24.9. The highest BCUT2D eigenvalue weighted by Crippen LogP contribution is 2.37. The summed E-state index contributed by atoms with van der Waals surface area (Å²) >= 11 is 1.98. The Morgan fingerprint density at radius 1 is 1.35 bits per heavy atom. The Morgan fingerprint density at radius 3 is 3.06 bits per heavy atom. The van der Waals surface area contributed by atoms with Crippen molar-refractivity contribution in [3.63, 3.8) is 0 Å². The van der Waals surface area contributed by atoms with Gasteiger partial charge in [0.2, 0.25) is 0 Å². The fraction of sp³-hybridized carbons (Fsp3) is 0.500. The van der Waals surface area contributed by atoms with Crippen molar-refractivity contribution >= 4 is 17.5 Å². The number of carbonyl (C=O) groups is 1. The molecule has 1 aromatic carbocycles. The van der Waals surface area contributed by atoms with Crippen LogP contribution in [0.5, 0.6) is 0 Å². The van der Waals surface area contributed by atoms with Crippen LogP contribution in [0.3, 0.4) is 0 Å². The first-order valence-corrected chi connectivity index (χ1v) is 7.18. The van der Waals surface area contributed by atoms with Crippen LogP contribution in [0.25, 0.3) is 0 Å². The molecule has 1 fully saturated rings. The zero-order valence-electron chi connectivity index (χ0n) is 9.89. The van der Waals surface area contributed by atoms with Crippen LogP contribution in [0, 0.1) is 0 Å². The predicted octanol–water partition coefficient (Wildman–Crippen LogP) is 2.37. The van der Waals surface area contributed by atoms with Gasteiger partial charge in [-0.05, 0) is 31.0 Å². The van der Waals surface area contributed by atoms with E-state index in [0.29, 0.717) is 17.6 Å². The second-order valence-corrected chi connectivity index (χ2v) is 6.27. The quantitative estimate of drug-likeness (QED) is 0.800. The van der Waals surface area contributed by atoms with Gasteiger partial charge in [0, 0.05) is 23.1 Å². The second kappa shape index (κ2) is 4.83. The summed E-state index contributed by atoms with van der Waals surface area (Å²) in [6, 6.07) is 8.66. The number of hydrogen-bond donors (Lipinski definition) is 0. The first-order valence-electron chi connectivity index (χ1n) is 6.30. The molecule has 2 heterocycles. The highest BCUT2D eigenvalue weighted by Gasteiger charge is 2.25. The molecule has 2 aliphatic rings. The molecule has 3 heteroatoms. The topological polar surface area (TPSA) is 20.3 Å². The molecular weight excluding hydrogens is 230 g/mol. The number of thioether (sulfide) groups is 1. The zero-order chi connectivity index (χ0) is 11.7. The number of rotatable bonds is 2. The molecule has 2 nitrogen and oxygen atoms in total. The number of Topliss-reactive ketones (excluding diaryl/α,β-unsaturated/α-hetero) is 1. The fourth-order valence-corrected chi connectivity index (χ4v) is 4.07. The Kier molecular flexibility index (Phi) is 3.21. The molecule has 0 aromatic heterocycles. The first kappa shape index (κ1) is 11.3. The van der Waals surface area contributed by atoms with Crippen molar-refractivity contribution in [3.8, 4) is 0 Å². The van der Waals surface area contributed by atoms with Gasteiger partial charge in [-0.3, -0.25) is 9.69 Å². The summed E-state index contributed by atoms with van der Waals surface area (Å²) in [4.78, 5) is 15.2. The van der Waals surface area contributed by atoms with Crippen molar-refractivity contribution in [2.75, 3.05) is 19.6 Å². The van der Waals surface area contributed by atoms with Gasteiger partial charge in [-0.2, -0.15) is 0 Å². The van der Waals surface area contributed by atoms with Crippen molar-refractivity contribution in [2.45, 2.75) is 29.4 Å². The Labute approximate surface area is 106 Å². The van der Waals surface area contributed by atoms with Crippen molar-refractivity contribution < 1.29 is 4.79 Å². The lowest BCUT2D eigenvalue weighted by atomic mass is 10.1. The van der Waals surface area contributed by atoms with Gasteiger partial charge in [-0.25, -0.2) is 0 Å². The second-order valence-electron chi connectivity index (χ2n) is 4.93. The Balaban J connectivity index is 1.60. The molecule has 0 bridgehead atoms. The molecule has 3 rings (SSSR count). The van der Waals surface area contributed by atoms with Gasteiger partial charge in [0.15, 0.2) is 0 Å². The minimum atomic E-state index is 0.414. The van der Waals surface area contributed by atoms with Crippen molar-refractivity contribution in [1.82, 2.24) is 4.90 Å². The maximum absolute atomic E-state index is 11.4. The number of carbonyl (C=O) groups excluding carboxylic acids is 1. The molecule has 1 atom stereocenters. The molecule has 17 heavy (non-hydrogen) atoms. The fourth-order valence-electron chi connectivity index (χ4n) is 2.71. The summed E-state index contributed by atoms with van der Waals surface area (Å²) in [5.41, 5.74) is 1.48. The maximum Gasteiger partial charge on any atom is 0.146 e. The summed E-state index contributed by atoms with van der Waals surface area (Å²) < 4.78 is 0. The SMILES string of the molecule is O=C1CCCN(CC2Cc3ccccc3S2)C1. The lowest BCUT2D eigenvalue weighted by molar-refractivity contribution is -0.122. The van der Waals surface area contributed by atoms with E-state index >= 15 is 0 Å². The average molecular weight is 247 g/mol. The number of likely N-dealkylation sites (tertiary alicyclic amines) is 1. The van der Waals surface area contributed by atoms with E-state index < -0.39 is 0 Å². The van der Waals surface area contributed by atoms with E-state index in [1.807, 2.05) is 11.8 Å². The summed E-state index contributed by atoms with van der Waals surface area (Å²) in [6.45, 7) is 2.83. The summed E-state index contributed by atoms with van der Waals surface area (Å²) in [6.07, 6.45) is 2.99. The van der Waals surface area contributed by atoms with Crippen molar-refractivity contribution in [2.24, 2.45) is 0 Å². The highest BCUT2D eigenvalue weighted by molar-refractivity contribution is 8.00. The van der Waals surface area contributed by atoms with Crippen LogP contribution in [-0.2, 0) is 11.2 Å². The molecular formula is C14H17NOS. The van der Waals surface area contributed by atoms with Crippen LogP contribution in [0.1, 0.15) is 18.4 Å². The summed E-state index contributed by atoms with van der Waals surface area (Å²) in [5, 5.41) is 0.637. The molecule has 90 valence electrons. The van der Waals surface area contributed by atoms with Crippen LogP contribution in [0.4, 0.5) is 0 Å². The third-order valence-electron chi connectivity index (χ3n) is 3.51. The van der Waals surface area contributed by atoms with Crippen LogP contribution in [0.2, 0.25) is 0 Å². The third kappa shape index (κ3) is 2.55. The van der Waals surface area contributed by atoms with E-state index in [1.165, 1.54) is 10.5 Å². The largest absolute Gasteiger partial charge is 0.298 e. The minimum Gasteiger partial charge on any atom is -0.298 e. The van der Waals surface area contributed by atoms with Crippen LogP contribution < -0.4 is 0 Å². The molecule has 0 radical (unpaired) electrons. The molecule has 0 spiro atoms. The number of ketones is 1. The van der Waals surface area contributed by atoms with Gasteiger partial charge < -0.3 is 0 Å².